The molecule has 8 rings (SSSR count). The molecule has 0 atom stereocenters. The molecule has 4 nitrogen and oxygen atoms in total. The standard InChI is InChI=1S/C48H47N4.Pt/c1-31(2)38-18-14-19-39(32(3)4)47(38)34-25-26-49-46(27-34)52-42-20-10-9-17-40(42)41-24-23-36(29-45(41)52)48(7,8)35-15-13-16-37(28-35)51-30-50(33(5)6)43-21-11-12-22-44(43)51;/h9-27,30-33H,1-8H3;/q-1;. The number of pyridine rings is 1. The van der Waals surface area contributed by atoms with Crippen LogP contribution in [0.4, 0.5) is 0 Å². The van der Waals surface area contributed by atoms with Crippen LogP contribution in [0.3, 0.4) is 0 Å². The van der Waals surface area contributed by atoms with Crippen molar-refractivity contribution >= 4 is 32.8 Å². The van der Waals surface area contributed by atoms with Crippen LogP contribution in [-0.2, 0) is 26.5 Å². The van der Waals surface area contributed by atoms with Crippen LogP contribution in [0, 0.1) is 12.1 Å². The normalized spacial score (nSPS) is 12.1. The van der Waals surface area contributed by atoms with E-state index >= 15 is 0 Å². The van der Waals surface area contributed by atoms with Gasteiger partial charge < -0.3 is 4.57 Å². The van der Waals surface area contributed by atoms with E-state index in [1.54, 1.807) is 0 Å². The van der Waals surface area contributed by atoms with Crippen molar-refractivity contribution in [2.45, 2.75) is 78.7 Å². The Labute approximate surface area is 328 Å². The SMILES string of the molecule is CC(C)c1cccc(C(C)C)c1-c1ccnc(-n2c3[c-]c(C(C)(C)c4[c-]c(-n5[cH+]n(C(C)C)c6ccccc65)ccc4)ccc3c3ccccc32)c1.[Pt]. The van der Waals surface area contributed by atoms with Crippen LogP contribution in [0.25, 0.3) is 55.5 Å². The number of hydrogen-bond acceptors (Lipinski definition) is 1. The summed E-state index contributed by atoms with van der Waals surface area (Å²) in [5.74, 6) is 1.70. The third kappa shape index (κ3) is 6.25. The first-order chi connectivity index (χ1) is 25.0. The van der Waals surface area contributed by atoms with Crippen molar-refractivity contribution in [2.24, 2.45) is 0 Å². The molecular weight excluding hydrogens is 828 g/mol. The summed E-state index contributed by atoms with van der Waals surface area (Å²) in [5.41, 5.74) is 12.7. The van der Waals surface area contributed by atoms with Gasteiger partial charge in [-0.15, -0.1) is 23.1 Å². The molecular formula is C48H47N4Pt-. The molecule has 0 radical (unpaired) electrons. The van der Waals surface area contributed by atoms with Crippen molar-refractivity contribution in [1.82, 2.24) is 18.7 Å². The fourth-order valence-corrected chi connectivity index (χ4v) is 7.92. The van der Waals surface area contributed by atoms with Gasteiger partial charge >= 0.3 is 0 Å². The second kappa shape index (κ2) is 14.2. The van der Waals surface area contributed by atoms with Gasteiger partial charge in [-0.25, -0.2) is 14.1 Å². The largest absolute Gasteiger partial charge is 0.319 e. The zero-order valence-corrected chi connectivity index (χ0v) is 34.2. The first kappa shape index (κ1) is 36.6. The van der Waals surface area contributed by atoms with E-state index in [9.17, 15) is 0 Å². The number of para-hydroxylation sites is 3. The summed E-state index contributed by atoms with van der Waals surface area (Å²) < 4.78 is 6.90. The van der Waals surface area contributed by atoms with E-state index in [0.717, 1.165) is 33.7 Å². The fourth-order valence-electron chi connectivity index (χ4n) is 7.92. The maximum Gasteiger partial charge on any atom is 0.188 e. The van der Waals surface area contributed by atoms with Gasteiger partial charge in [-0.3, -0.25) is 0 Å². The zero-order valence-electron chi connectivity index (χ0n) is 31.9. The summed E-state index contributed by atoms with van der Waals surface area (Å²) in [4.78, 5) is 5.02. The molecule has 3 heterocycles. The van der Waals surface area contributed by atoms with Gasteiger partial charge in [0.2, 0.25) is 0 Å². The number of benzene rings is 5. The van der Waals surface area contributed by atoms with Gasteiger partial charge in [0.15, 0.2) is 17.4 Å². The molecule has 0 saturated carbocycles. The van der Waals surface area contributed by atoms with E-state index in [2.05, 4.69) is 197 Å². The quantitative estimate of drug-likeness (QED) is 0.140. The van der Waals surface area contributed by atoms with E-state index in [1.165, 1.54) is 44.1 Å². The molecule has 0 saturated heterocycles. The first-order valence-corrected chi connectivity index (χ1v) is 18.6. The minimum atomic E-state index is -0.375. The Morgan fingerprint density at radius 2 is 1.28 bits per heavy atom. The predicted molar refractivity (Wildman–Crippen MR) is 218 cm³/mol. The van der Waals surface area contributed by atoms with Crippen LogP contribution in [0.5, 0.6) is 0 Å². The van der Waals surface area contributed by atoms with Crippen molar-refractivity contribution in [3.05, 3.63) is 156 Å². The molecule has 0 aliphatic carbocycles. The number of imidazole rings is 1. The third-order valence-electron chi connectivity index (χ3n) is 10.8. The Hall–Kier alpha value is -4.79. The second-order valence-electron chi connectivity index (χ2n) is 15.6. The maximum absolute atomic E-state index is 5.02. The molecule has 270 valence electrons. The Kier molecular flexibility index (Phi) is 9.81. The van der Waals surface area contributed by atoms with Crippen LogP contribution < -0.4 is 0 Å². The predicted octanol–water partition coefficient (Wildman–Crippen LogP) is 12.6. The summed E-state index contributed by atoms with van der Waals surface area (Å²) in [6.45, 7) is 18.2. The molecule has 3 aromatic heterocycles. The van der Waals surface area contributed by atoms with Gasteiger partial charge in [-0.05, 0) is 89.1 Å². The van der Waals surface area contributed by atoms with Crippen molar-refractivity contribution in [1.29, 1.82) is 0 Å². The maximum atomic E-state index is 5.02. The molecule has 0 amide bonds. The second-order valence-corrected chi connectivity index (χ2v) is 15.6. The Bertz CT molecular complexity index is 2580. The van der Waals surface area contributed by atoms with Crippen molar-refractivity contribution in [3.8, 4) is 22.6 Å². The van der Waals surface area contributed by atoms with Gasteiger partial charge in [-0.2, -0.15) is 35.9 Å². The van der Waals surface area contributed by atoms with Crippen molar-refractivity contribution in [3.63, 3.8) is 0 Å². The van der Waals surface area contributed by atoms with Gasteiger partial charge in [-0.1, -0.05) is 83.5 Å². The van der Waals surface area contributed by atoms with Gasteiger partial charge in [0, 0.05) is 50.6 Å². The Morgan fingerprint density at radius 3 is 1.98 bits per heavy atom. The van der Waals surface area contributed by atoms with Gasteiger partial charge in [0.1, 0.15) is 5.82 Å². The molecule has 0 fully saturated rings. The van der Waals surface area contributed by atoms with Gasteiger partial charge in [0.05, 0.1) is 6.04 Å². The number of rotatable bonds is 8. The van der Waals surface area contributed by atoms with E-state index in [1.807, 2.05) is 6.20 Å². The summed E-state index contributed by atoms with van der Waals surface area (Å²) >= 11 is 0. The van der Waals surface area contributed by atoms with E-state index in [4.69, 9.17) is 4.98 Å². The molecule has 0 bridgehead atoms. The Morgan fingerprint density at radius 1 is 0.642 bits per heavy atom. The van der Waals surface area contributed by atoms with Crippen LogP contribution in [-0.4, -0.2) is 18.7 Å². The number of nitrogens with zero attached hydrogens (tertiary/aromatic N) is 4. The molecule has 0 aliphatic heterocycles. The number of hydrogen-bond donors (Lipinski definition) is 0. The van der Waals surface area contributed by atoms with Crippen LogP contribution in [0.1, 0.15) is 95.5 Å². The first-order valence-electron chi connectivity index (χ1n) is 18.6. The minimum absolute atomic E-state index is 0. The average Bonchev–Trinajstić information content (AvgIpc) is 3.71. The van der Waals surface area contributed by atoms with Crippen molar-refractivity contribution < 1.29 is 21.1 Å². The molecule has 5 heteroatoms. The molecule has 53 heavy (non-hydrogen) atoms. The summed E-state index contributed by atoms with van der Waals surface area (Å²) in [6, 6.07) is 47.6. The number of fused-ring (bicyclic) bond motifs is 4. The van der Waals surface area contributed by atoms with E-state index < -0.39 is 0 Å². The minimum Gasteiger partial charge on any atom is -0.319 e. The van der Waals surface area contributed by atoms with E-state index in [0.29, 0.717) is 17.9 Å². The Balaban J connectivity index is 0.00000435. The number of aromatic nitrogens is 4. The van der Waals surface area contributed by atoms with Crippen LogP contribution >= 0.6 is 0 Å². The zero-order chi connectivity index (χ0) is 36.3. The van der Waals surface area contributed by atoms with E-state index in [-0.39, 0.29) is 26.5 Å². The summed E-state index contributed by atoms with van der Waals surface area (Å²) in [7, 11) is 0. The fraction of sp³-hybridized carbons (Fsp3) is 0.250. The van der Waals surface area contributed by atoms with Crippen LogP contribution in [0.2, 0.25) is 0 Å². The molecule has 0 aliphatic rings. The van der Waals surface area contributed by atoms with Crippen molar-refractivity contribution in [2.75, 3.05) is 0 Å². The monoisotopic (exact) mass is 874 g/mol. The smallest absolute Gasteiger partial charge is 0.188 e. The topological polar surface area (TPSA) is 27.7 Å². The molecule has 8 aromatic rings. The summed E-state index contributed by atoms with van der Waals surface area (Å²) in [5, 5.41) is 2.37. The average molecular weight is 875 g/mol. The summed E-state index contributed by atoms with van der Waals surface area (Å²) in [6.07, 6.45) is 4.17. The van der Waals surface area contributed by atoms with Gasteiger partial charge in [0.25, 0.3) is 0 Å². The molecule has 0 spiro atoms. The molecule has 0 N–H and O–H groups in total. The molecule has 5 aromatic carbocycles. The third-order valence-corrected chi connectivity index (χ3v) is 10.8. The van der Waals surface area contributed by atoms with Crippen LogP contribution in [0.15, 0.2) is 122 Å². The molecule has 0 unspecified atom stereocenters.